The standard InChI is InChI=1S/C17H28N2S.C15H24N2S.C15H23NS.C14H22N2OS.C12H18N2S.C11H22N2OS/c1-13(2)19-11-8-15(9-12-19)17(20-14(3)4)16-7-5-6-10-18-16;1-12(2)18-15(14-6-4-5-9-16-14)13-7-10-17(3)11-8-13;1-12(2)17-15(13-6-4-3-5-7-13)14-8-10-16-11-9-14;1-18-14(13-4-2-3-7-15-13)12-5-8-16(9-6-12)10-11-17;1-15-12(10-5-8-13-9-6-10)11-4-2-3-7-14-11;1-8(2)15-10(11(14)12-3)9-4-6-13-7-5-9/h5-7,10,13-15,17H,8-9,11-12H2,1-4H3;4-6,9,12-13,15H,7-8,10-11H2,1-3H3;3-7,12,14-16H,8-11H2,1-2H3;2-4,7,12,14,17H,5-6,8-11H2,1H3;2-4,7,10,12-13H,5-6,8-9H2,1H3;8-10,13H,4-7H2,1-3H3,(H,12,14). The van der Waals surface area contributed by atoms with E-state index in [0.717, 1.165) is 82.3 Å². The van der Waals surface area contributed by atoms with Crippen molar-refractivity contribution in [2.75, 3.05) is 118 Å². The smallest absolute Gasteiger partial charge is 0.233 e. The van der Waals surface area contributed by atoms with Crippen LogP contribution >= 0.6 is 70.6 Å². The second kappa shape index (κ2) is 51.5. The lowest BCUT2D eigenvalue weighted by molar-refractivity contribution is -0.121. The third kappa shape index (κ3) is 33.1. The summed E-state index contributed by atoms with van der Waals surface area (Å²) in [5.74, 6) is 4.63. The Morgan fingerprint density at radius 3 is 1.12 bits per heavy atom. The molecule has 6 aliphatic rings. The molecule has 6 atom stereocenters. The predicted molar refractivity (Wildman–Crippen MR) is 456 cm³/mol. The second-order valence-electron chi connectivity index (χ2n) is 30.1. The van der Waals surface area contributed by atoms with Crippen LogP contribution in [-0.4, -0.2) is 196 Å². The Labute approximate surface area is 652 Å². The number of benzene rings is 1. The number of piperidine rings is 6. The summed E-state index contributed by atoms with van der Waals surface area (Å²) in [7, 11) is 3.96. The zero-order chi connectivity index (χ0) is 74.1. The van der Waals surface area contributed by atoms with Crippen molar-refractivity contribution in [2.24, 2.45) is 35.5 Å². The number of β-amino-alcohol motifs (C(OH)–C–C–N with tert-alkyl or cyclic N) is 1. The Hall–Kier alpha value is -2.89. The number of aliphatic hydroxyl groups excluding tert-OH is 1. The quantitative estimate of drug-likeness (QED) is 0.0377. The molecule has 0 spiro atoms. The fourth-order valence-electron chi connectivity index (χ4n) is 15.1. The molecular weight excluding hydrogens is 1390 g/mol. The Kier molecular flexibility index (Phi) is 44.5. The molecule has 0 aliphatic carbocycles. The summed E-state index contributed by atoms with van der Waals surface area (Å²) in [5, 5.41) is 27.5. The van der Waals surface area contributed by atoms with Gasteiger partial charge in [0.15, 0.2) is 0 Å². The van der Waals surface area contributed by atoms with Crippen LogP contribution in [0.1, 0.15) is 201 Å². The number of nitrogens with one attached hydrogen (secondary N) is 4. The molecule has 1 amide bonds. The van der Waals surface area contributed by atoms with Gasteiger partial charge in [-0.15, -0.1) is 35.3 Å². The maximum absolute atomic E-state index is 11.8. The Balaban J connectivity index is 0.000000195. The molecule has 576 valence electrons. The van der Waals surface area contributed by atoms with Crippen LogP contribution in [0.3, 0.4) is 0 Å². The highest BCUT2D eigenvalue weighted by molar-refractivity contribution is 8.01. The van der Waals surface area contributed by atoms with E-state index in [9.17, 15) is 4.79 Å². The van der Waals surface area contributed by atoms with Gasteiger partial charge in [0, 0.05) is 60.2 Å². The van der Waals surface area contributed by atoms with Gasteiger partial charge in [-0.3, -0.25) is 24.7 Å². The lowest BCUT2D eigenvalue weighted by atomic mass is 9.90. The molecule has 0 radical (unpaired) electrons. The van der Waals surface area contributed by atoms with E-state index in [1.54, 1.807) is 18.8 Å². The molecule has 1 aromatic carbocycles. The van der Waals surface area contributed by atoms with E-state index in [-0.39, 0.29) is 17.8 Å². The van der Waals surface area contributed by atoms with Gasteiger partial charge in [0.25, 0.3) is 0 Å². The Morgan fingerprint density at radius 1 is 0.437 bits per heavy atom. The highest BCUT2D eigenvalue weighted by Crippen LogP contribution is 2.46. The van der Waals surface area contributed by atoms with Crippen molar-refractivity contribution in [3.05, 3.63) is 156 Å². The summed E-state index contributed by atoms with van der Waals surface area (Å²) < 4.78 is 0. The predicted octanol–water partition coefficient (Wildman–Crippen LogP) is 17.8. The molecule has 11 rings (SSSR count). The normalized spacial score (nSPS) is 19.9. The summed E-state index contributed by atoms with van der Waals surface area (Å²) in [6.07, 6.45) is 27.1. The largest absolute Gasteiger partial charge is 0.395 e. The molecule has 0 saturated carbocycles. The molecule has 10 heterocycles. The lowest BCUT2D eigenvalue weighted by Gasteiger charge is -2.38. The van der Waals surface area contributed by atoms with Crippen molar-refractivity contribution < 1.29 is 9.90 Å². The van der Waals surface area contributed by atoms with Crippen molar-refractivity contribution in [3.63, 3.8) is 0 Å². The minimum atomic E-state index is 0.136. The van der Waals surface area contributed by atoms with E-state index in [2.05, 4.69) is 259 Å². The Morgan fingerprint density at radius 2 is 0.767 bits per heavy atom. The first-order valence-corrected chi connectivity index (χ1v) is 45.7. The second-order valence-corrected chi connectivity index (χ2v) is 38.9. The van der Waals surface area contributed by atoms with Crippen molar-refractivity contribution in [1.82, 2.24) is 55.9 Å². The number of likely N-dealkylation sites (tertiary alicyclic amines) is 3. The van der Waals surface area contributed by atoms with Crippen LogP contribution in [0.25, 0.3) is 0 Å². The van der Waals surface area contributed by atoms with Gasteiger partial charge < -0.3 is 41.1 Å². The van der Waals surface area contributed by atoms with Gasteiger partial charge in [-0.25, -0.2) is 0 Å². The van der Waals surface area contributed by atoms with Crippen molar-refractivity contribution in [3.8, 4) is 0 Å². The first-order chi connectivity index (χ1) is 49.9. The number of carbonyl (C=O) groups excluding carboxylic acids is 1. The molecule has 6 saturated heterocycles. The zero-order valence-corrected chi connectivity index (χ0v) is 70.7. The molecule has 6 aliphatic heterocycles. The number of aliphatic hydroxyl groups is 1. The third-order valence-electron chi connectivity index (χ3n) is 20.6. The van der Waals surface area contributed by atoms with Crippen LogP contribution in [0, 0.1) is 35.5 Å². The van der Waals surface area contributed by atoms with Crippen molar-refractivity contribution in [1.29, 1.82) is 0 Å². The van der Waals surface area contributed by atoms with Crippen molar-refractivity contribution >= 4 is 76.5 Å². The van der Waals surface area contributed by atoms with E-state index in [1.165, 1.54) is 132 Å². The molecule has 103 heavy (non-hydrogen) atoms. The monoisotopic (exact) mass is 1520 g/mol. The SMILES string of the molecule is CC(C)SC(c1ccccc1)C1CCNCC1.CC(C)SC(c1ccccn1)C1CCN(C(C)C)CC1.CC(C)SC(c1ccccn1)C1CCN(C)CC1.CNC(=O)C(SC(C)C)C1CCNCC1.CSC(c1ccccn1)C1CCN(CCO)CC1.CSC(c1ccccn1)C1CCNCC1. The summed E-state index contributed by atoms with van der Waals surface area (Å²) in [4.78, 5) is 37.4. The third-order valence-corrected chi connectivity index (χ3v) is 28.7. The molecule has 0 bridgehead atoms. The molecule has 13 nitrogen and oxygen atoms in total. The Bertz CT molecular complexity index is 2880. The number of aromatic nitrogens is 4. The summed E-state index contributed by atoms with van der Waals surface area (Å²) >= 11 is 12.0. The zero-order valence-electron chi connectivity index (χ0n) is 65.8. The van der Waals surface area contributed by atoms with Crippen LogP contribution in [0.4, 0.5) is 0 Å². The average molecular weight is 1530 g/mol. The lowest BCUT2D eigenvalue weighted by Crippen LogP contribution is -2.41. The number of rotatable bonds is 25. The van der Waals surface area contributed by atoms with E-state index >= 15 is 0 Å². The maximum Gasteiger partial charge on any atom is 0.233 e. The molecule has 6 fully saturated rings. The topological polar surface area (TPSA) is 147 Å². The minimum absolute atomic E-state index is 0.136. The van der Waals surface area contributed by atoms with E-state index < -0.39 is 0 Å². The number of thioether (sulfide) groups is 6. The molecule has 6 unspecified atom stereocenters. The van der Waals surface area contributed by atoms with Crippen LogP contribution < -0.4 is 21.3 Å². The fraction of sp³-hybridized carbons (Fsp3) is 0.679. The van der Waals surface area contributed by atoms with Crippen LogP contribution in [0.15, 0.2) is 128 Å². The number of amides is 1. The molecule has 19 heteroatoms. The van der Waals surface area contributed by atoms with E-state index in [1.807, 2.05) is 72.6 Å². The van der Waals surface area contributed by atoms with Crippen LogP contribution in [0.5, 0.6) is 0 Å². The van der Waals surface area contributed by atoms with Gasteiger partial charge in [0.1, 0.15) is 0 Å². The van der Waals surface area contributed by atoms with Gasteiger partial charge in [-0.1, -0.05) is 110 Å². The molecule has 4 aromatic heterocycles. The van der Waals surface area contributed by atoms with E-state index in [4.69, 9.17) is 5.11 Å². The van der Waals surface area contributed by atoms with Gasteiger partial charge in [-0.2, -0.15) is 35.3 Å². The van der Waals surface area contributed by atoms with Gasteiger partial charge in [0.05, 0.1) is 45.1 Å². The molecule has 5 N–H and O–H groups in total. The maximum atomic E-state index is 11.8. The molecular formula is C84H137N11O2S6. The van der Waals surface area contributed by atoms with Gasteiger partial charge >= 0.3 is 0 Å². The number of nitrogens with zero attached hydrogens (tertiary/aromatic N) is 7. The minimum Gasteiger partial charge on any atom is -0.395 e. The number of hydrogen-bond acceptors (Lipinski definition) is 18. The number of carbonyl (C=O) groups is 1. The first-order valence-electron chi connectivity index (χ1n) is 39.4. The van der Waals surface area contributed by atoms with Crippen molar-refractivity contribution in [2.45, 2.75) is 205 Å². The highest BCUT2D eigenvalue weighted by Gasteiger charge is 2.34. The van der Waals surface area contributed by atoms with Gasteiger partial charge in [0.2, 0.25) is 5.91 Å². The van der Waals surface area contributed by atoms with Crippen LogP contribution in [-0.2, 0) is 4.79 Å². The molecule has 5 aromatic rings. The van der Waals surface area contributed by atoms with Gasteiger partial charge in [-0.05, 0) is 300 Å². The van der Waals surface area contributed by atoms with Crippen LogP contribution in [0.2, 0.25) is 0 Å². The highest BCUT2D eigenvalue weighted by atomic mass is 32.2. The number of hydrogen-bond donors (Lipinski definition) is 5. The van der Waals surface area contributed by atoms with E-state index in [0.29, 0.717) is 65.1 Å². The fourth-order valence-corrected chi connectivity index (χ4v) is 22.6. The summed E-state index contributed by atoms with van der Waals surface area (Å²) in [6, 6.07) is 36.8. The first kappa shape index (κ1) is 89.0. The summed E-state index contributed by atoms with van der Waals surface area (Å²) in [6.45, 7) is 37.7. The average Bonchev–Trinajstić information content (AvgIpc) is 0.866. The summed E-state index contributed by atoms with van der Waals surface area (Å²) in [5.41, 5.74) is 6.51. The number of pyridine rings is 4.